The second-order valence-electron chi connectivity index (χ2n) is 3.58. The summed E-state index contributed by atoms with van der Waals surface area (Å²) >= 11 is 0. The van der Waals surface area contributed by atoms with E-state index in [0.29, 0.717) is 12.1 Å². The first-order valence-corrected chi connectivity index (χ1v) is 6.58. The summed E-state index contributed by atoms with van der Waals surface area (Å²) in [6.07, 6.45) is 0.501. The average Bonchev–Trinajstić information content (AvgIpc) is 2.27. The summed E-state index contributed by atoms with van der Waals surface area (Å²) in [5.74, 6) is -0.362. The Bertz CT molecular complexity index is 513. The van der Waals surface area contributed by atoms with Crippen LogP contribution < -0.4 is 16.2 Å². The highest BCUT2D eigenvalue weighted by Gasteiger charge is 2.13. The van der Waals surface area contributed by atoms with Crippen molar-refractivity contribution in [3.8, 4) is 0 Å². The lowest BCUT2D eigenvalue weighted by Crippen LogP contribution is -2.34. The zero-order valence-electron chi connectivity index (χ0n) is 9.38. The minimum absolute atomic E-state index is 0.0552. The zero-order chi connectivity index (χ0) is 13.1. The molecule has 1 aromatic rings. The van der Waals surface area contributed by atoms with Crippen molar-refractivity contribution >= 4 is 21.6 Å². The number of carbonyl (C=O) groups excluding carboxylic acids is 1. The molecule has 6 nitrogen and oxygen atoms in total. The molecule has 0 spiro atoms. The van der Waals surface area contributed by atoms with Crippen molar-refractivity contribution in [2.24, 2.45) is 10.9 Å². The summed E-state index contributed by atoms with van der Waals surface area (Å²) < 4.78 is 22.2. The van der Waals surface area contributed by atoms with Gasteiger partial charge in [0.15, 0.2) is 0 Å². The third-order valence-electron chi connectivity index (χ3n) is 2.21. The van der Waals surface area contributed by atoms with Crippen LogP contribution in [0.5, 0.6) is 0 Å². The fourth-order valence-corrected chi connectivity index (χ4v) is 1.73. The van der Waals surface area contributed by atoms with Gasteiger partial charge in [0, 0.05) is 5.69 Å². The first-order valence-electron chi connectivity index (χ1n) is 5.04. The molecule has 5 N–H and O–H groups in total. The van der Waals surface area contributed by atoms with Crippen molar-refractivity contribution in [3.05, 3.63) is 24.3 Å². The molecule has 1 atom stereocenters. The topological polar surface area (TPSA) is 115 Å². The number of carbonyl (C=O) groups is 1. The van der Waals surface area contributed by atoms with Gasteiger partial charge in [0.05, 0.1) is 10.9 Å². The summed E-state index contributed by atoms with van der Waals surface area (Å²) in [6.45, 7) is 1.78. The highest BCUT2D eigenvalue weighted by molar-refractivity contribution is 7.89. The number of hydrogen-bond acceptors (Lipinski definition) is 4. The van der Waals surface area contributed by atoms with Crippen molar-refractivity contribution in [1.29, 1.82) is 0 Å². The third kappa shape index (κ3) is 3.81. The molecule has 1 rings (SSSR count). The van der Waals surface area contributed by atoms with E-state index in [2.05, 4.69) is 5.32 Å². The van der Waals surface area contributed by atoms with Gasteiger partial charge in [-0.2, -0.15) is 0 Å². The van der Waals surface area contributed by atoms with Crippen molar-refractivity contribution in [3.63, 3.8) is 0 Å². The quantitative estimate of drug-likeness (QED) is 0.704. The molecule has 0 saturated heterocycles. The van der Waals surface area contributed by atoms with Crippen LogP contribution in [-0.4, -0.2) is 20.4 Å². The Morgan fingerprint density at radius 3 is 2.65 bits per heavy atom. The fraction of sp³-hybridized carbons (Fsp3) is 0.300. The molecular formula is C10H15N3O3S. The van der Waals surface area contributed by atoms with Gasteiger partial charge >= 0.3 is 0 Å². The average molecular weight is 257 g/mol. The monoisotopic (exact) mass is 257 g/mol. The van der Waals surface area contributed by atoms with Gasteiger partial charge in [0.1, 0.15) is 0 Å². The number of primary sulfonamides is 1. The maximum Gasteiger partial charge on any atom is 0.241 e. The maximum atomic E-state index is 11.5. The molecule has 0 aliphatic carbocycles. The van der Waals surface area contributed by atoms with Crippen LogP contribution in [0, 0.1) is 0 Å². The number of anilines is 1. The zero-order valence-corrected chi connectivity index (χ0v) is 10.2. The molecule has 94 valence electrons. The van der Waals surface area contributed by atoms with E-state index in [1.165, 1.54) is 18.2 Å². The van der Waals surface area contributed by atoms with Crippen LogP contribution in [0.3, 0.4) is 0 Å². The molecular weight excluding hydrogens is 242 g/mol. The standard InChI is InChI=1S/C10H15N3O3S/c1-2-9(11)10(14)13-7-4-3-5-8(6-7)17(12,15)16/h3-6,9H,2,11H2,1H3,(H,13,14)(H2,12,15,16). The Hall–Kier alpha value is -1.44. The largest absolute Gasteiger partial charge is 0.325 e. The first-order chi connectivity index (χ1) is 7.84. The number of amides is 1. The van der Waals surface area contributed by atoms with Crippen molar-refractivity contribution in [1.82, 2.24) is 0 Å². The minimum atomic E-state index is -3.77. The predicted octanol–water partition coefficient (Wildman–Crippen LogP) is 0.00980. The Kier molecular flexibility index (Phi) is 4.22. The molecule has 0 aromatic heterocycles. The predicted molar refractivity (Wildman–Crippen MR) is 64.7 cm³/mol. The lowest BCUT2D eigenvalue weighted by Gasteiger charge is -2.10. The van der Waals surface area contributed by atoms with Gasteiger partial charge in [-0.1, -0.05) is 13.0 Å². The van der Waals surface area contributed by atoms with Crippen LogP contribution in [0.15, 0.2) is 29.2 Å². The van der Waals surface area contributed by atoms with Crippen LogP contribution in [0.25, 0.3) is 0 Å². The Morgan fingerprint density at radius 1 is 1.47 bits per heavy atom. The van der Waals surface area contributed by atoms with E-state index in [4.69, 9.17) is 10.9 Å². The molecule has 7 heteroatoms. The van der Waals surface area contributed by atoms with Crippen LogP contribution in [0.4, 0.5) is 5.69 Å². The summed E-state index contributed by atoms with van der Waals surface area (Å²) in [4.78, 5) is 11.4. The summed E-state index contributed by atoms with van der Waals surface area (Å²) in [7, 11) is -3.77. The lowest BCUT2D eigenvalue weighted by molar-refractivity contribution is -0.117. The molecule has 0 aliphatic heterocycles. The highest BCUT2D eigenvalue weighted by atomic mass is 32.2. The Balaban J connectivity index is 2.91. The SMILES string of the molecule is CCC(N)C(=O)Nc1cccc(S(N)(=O)=O)c1. The lowest BCUT2D eigenvalue weighted by atomic mass is 10.2. The fourth-order valence-electron chi connectivity index (χ4n) is 1.17. The number of rotatable bonds is 4. The van der Waals surface area contributed by atoms with E-state index in [9.17, 15) is 13.2 Å². The molecule has 0 aliphatic rings. The van der Waals surface area contributed by atoms with Gasteiger partial charge in [0.2, 0.25) is 15.9 Å². The summed E-state index contributed by atoms with van der Waals surface area (Å²) in [5, 5.41) is 7.50. The van der Waals surface area contributed by atoms with Crippen LogP contribution in [0.2, 0.25) is 0 Å². The highest BCUT2D eigenvalue weighted by Crippen LogP contribution is 2.14. The number of sulfonamides is 1. The van der Waals surface area contributed by atoms with Crippen LogP contribution in [0.1, 0.15) is 13.3 Å². The molecule has 1 aromatic carbocycles. The molecule has 0 radical (unpaired) electrons. The number of nitrogens with two attached hydrogens (primary N) is 2. The number of hydrogen-bond donors (Lipinski definition) is 3. The van der Waals surface area contributed by atoms with Gasteiger partial charge < -0.3 is 11.1 Å². The van der Waals surface area contributed by atoms with Gasteiger partial charge in [-0.25, -0.2) is 13.6 Å². The van der Waals surface area contributed by atoms with E-state index < -0.39 is 16.1 Å². The molecule has 0 bridgehead atoms. The van der Waals surface area contributed by atoms with Gasteiger partial charge in [-0.15, -0.1) is 0 Å². The second kappa shape index (κ2) is 5.26. The second-order valence-corrected chi connectivity index (χ2v) is 5.14. The van der Waals surface area contributed by atoms with Crippen molar-refractivity contribution < 1.29 is 13.2 Å². The molecule has 0 heterocycles. The van der Waals surface area contributed by atoms with Gasteiger partial charge in [-0.3, -0.25) is 4.79 Å². The van der Waals surface area contributed by atoms with Crippen LogP contribution in [-0.2, 0) is 14.8 Å². The van der Waals surface area contributed by atoms with E-state index in [1.54, 1.807) is 13.0 Å². The van der Waals surface area contributed by atoms with Gasteiger partial charge in [-0.05, 0) is 24.6 Å². The molecule has 17 heavy (non-hydrogen) atoms. The normalized spacial score (nSPS) is 13.1. The van der Waals surface area contributed by atoms with Gasteiger partial charge in [0.25, 0.3) is 0 Å². The van der Waals surface area contributed by atoms with E-state index in [-0.39, 0.29) is 10.8 Å². The summed E-state index contributed by atoms with van der Waals surface area (Å²) in [5.41, 5.74) is 5.89. The summed E-state index contributed by atoms with van der Waals surface area (Å²) in [6, 6.07) is 5.08. The first kappa shape index (κ1) is 13.6. The molecule has 1 unspecified atom stereocenters. The number of nitrogens with one attached hydrogen (secondary N) is 1. The molecule has 0 saturated carbocycles. The minimum Gasteiger partial charge on any atom is -0.325 e. The maximum absolute atomic E-state index is 11.5. The van der Waals surface area contributed by atoms with E-state index >= 15 is 0 Å². The van der Waals surface area contributed by atoms with Crippen LogP contribution >= 0.6 is 0 Å². The van der Waals surface area contributed by atoms with E-state index in [1.807, 2.05) is 0 Å². The third-order valence-corrected chi connectivity index (χ3v) is 3.12. The van der Waals surface area contributed by atoms with Crippen molar-refractivity contribution in [2.45, 2.75) is 24.3 Å². The molecule has 1 amide bonds. The number of benzene rings is 1. The Morgan fingerprint density at radius 2 is 2.12 bits per heavy atom. The van der Waals surface area contributed by atoms with E-state index in [0.717, 1.165) is 0 Å². The van der Waals surface area contributed by atoms with Crippen molar-refractivity contribution in [2.75, 3.05) is 5.32 Å². The Labute approximate surface area is 100 Å². The smallest absolute Gasteiger partial charge is 0.241 e. The molecule has 0 fully saturated rings.